The van der Waals surface area contributed by atoms with Crippen LogP contribution in [0.3, 0.4) is 0 Å². The predicted molar refractivity (Wildman–Crippen MR) is 88.0 cm³/mol. The van der Waals surface area contributed by atoms with Crippen LogP contribution < -0.4 is 10.5 Å². The average Bonchev–Trinajstić information content (AvgIpc) is 2.42. The highest BCUT2D eigenvalue weighted by Crippen LogP contribution is 2.17. The number of hydrogen-bond acceptors (Lipinski definition) is 4. The molecule has 118 valence electrons. The second-order valence-electron chi connectivity index (χ2n) is 4.80. The smallest absolute Gasteiger partial charge is 0.240 e. The Bertz CT molecular complexity index is 586. The highest BCUT2D eigenvalue weighted by molar-refractivity contribution is 7.89. The molecule has 0 spiro atoms. The standard InChI is InChI=1S/C14H22N2O3S2/c1-11-6-7-12(14(15)20)10-13(11)21(17,18)16-8-4-3-5-9-19-2/h6-7,10,16H,3-5,8-9H2,1-2H3,(H2,15,20). The minimum atomic E-state index is -3.54. The van der Waals surface area contributed by atoms with Crippen LogP contribution in [0.15, 0.2) is 23.1 Å². The minimum Gasteiger partial charge on any atom is -0.389 e. The number of ether oxygens (including phenoxy) is 1. The van der Waals surface area contributed by atoms with E-state index >= 15 is 0 Å². The van der Waals surface area contributed by atoms with E-state index in [4.69, 9.17) is 22.7 Å². The fourth-order valence-electron chi connectivity index (χ4n) is 1.88. The normalized spacial score (nSPS) is 11.5. The van der Waals surface area contributed by atoms with Crippen molar-refractivity contribution in [3.05, 3.63) is 29.3 Å². The molecule has 21 heavy (non-hydrogen) atoms. The van der Waals surface area contributed by atoms with Crippen molar-refractivity contribution >= 4 is 27.2 Å². The SMILES string of the molecule is COCCCCCNS(=O)(=O)c1cc(C(N)=S)ccc1C. The zero-order valence-electron chi connectivity index (χ0n) is 12.4. The zero-order valence-corrected chi connectivity index (χ0v) is 14.0. The third kappa shape index (κ3) is 5.70. The van der Waals surface area contributed by atoms with E-state index in [1.54, 1.807) is 26.2 Å². The zero-order chi connectivity index (χ0) is 15.9. The highest BCUT2D eigenvalue weighted by Gasteiger charge is 2.17. The van der Waals surface area contributed by atoms with Crippen molar-refractivity contribution in [3.8, 4) is 0 Å². The first kappa shape index (κ1) is 18.0. The molecule has 3 N–H and O–H groups in total. The minimum absolute atomic E-state index is 0.186. The van der Waals surface area contributed by atoms with E-state index in [1.165, 1.54) is 6.07 Å². The molecule has 0 saturated heterocycles. The summed E-state index contributed by atoms with van der Waals surface area (Å²) in [5, 5.41) is 0. The van der Waals surface area contributed by atoms with Gasteiger partial charge in [-0.3, -0.25) is 0 Å². The van der Waals surface area contributed by atoms with E-state index in [1.807, 2.05) is 0 Å². The summed E-state index contributed by atoms with van der Waals surface area (Å²) in [7, 11) is -1.88. The average molecular weight is 330 g/mol. The number of methoxy groups -OCH3 is 1. The van der Waals surface area contributed by atoms with Gasteiger partial charge in [-0.25, -0.2) is 13.1 Å². The van der Waals surface area contributed by atoms with Crippen molar-refractivity contribution in [2.45, 2.75) is 31.1 Å². The Kier molecular flexibility index (Phi) is 7.24. The molecular weight excluding hydrogens is 308 g/mol. The van der Waals surface area contributed by atoms with Gasteiger partial charge in [0.15, 0.2) is 0 Å². The number of rotatable bonds is 9. The largest absolute Gasteiger partial charge is 0.389 e. The second kappa shape index (κ2) is 8.43. The van der Waals surface area contributed by atoms with Gasteiger partial charge in [0.05, 0.1) is 4.90 Å². The van der Waals surface area contributed by atoms with Crippen molar-refractivity contribution in [2.75, 3.05) is 20.3 Å². The molecule has 0 aromatic heterocycles. The van der Waals surface area contributed by atoms with Crippen LogP contribution in [0, 0.1) is 6.92 Å². The number of hydrogen-bond donors (Lipinski definition) is 2. The van der Waals surface area contributed by atoms with Crippen LogP contribution in [0.1, 0.15) is 30.4 Å². The Morgan fingerprint density at radius 2 is 2.05 bits per heavy atom. The number of nitrogens with two attached hydrogens (primary N) is 1. The van der Waals surface area contributed by atoms with Crippen molar-refractivity contribution in [3.63, 3.8) is 0 Å². The molecule has 0 fully saturated rings. The van der Waals surface area contributed by atoms with Gasteiger partial charge in [-0.15, -0.1) is 0 Å². The summed E-state index contributed by atoms with van der Waals surface area (Å²) in [4.78, 5) is 0.413. The van der Waals surface area contributed by atoms with Gasteiger partial charge in [0.25, 0.3) is 0 Å². The van der Waals surface area contributed by atoms with E-state index in [2.05, 4.69) is 4.72 Å². The lowest BCUT2D eigenvalue weighted by Gasteiger charge is -2.11. The molecular formula is C14H22N2O3S2. The van der Waals surface area contributed by atoms with Gasteiger partial charge in [0.2, 0.25) is 10.0 Å². The summed E-state index contributed by atoms with van der Waals surface area (Å²) < 4.78 is 32.1. The van der Waals surface area contributed by atoms with Crippen LogP contribution in [-0.4, -0.2) is 33.7 Å². The molecule has 0 radical (unpaired) electrons. The van der Waals surface area contributed by atoms with Gasteiger partial charge in [-0.2, -0.15) is 0 Å². The van der Waals surface area contributed by atoms with Crippen LogP contribution in [-0.2, 0) is 14.8 Å². The maximum absolute atomic E-state index is 12.3. The number of thiocarbonyl (C=S) groups is 1. The maximum Gasteiger partial charge on any atom is 0.240 e. The molecule has 0 saturated carbocycles. The first-order valence-electron chi connectivity index (χ1n) is 6.77. The molecule has 7 heteroatoms. The fourth-order valence-corrected chi connectivity index (χ4v) is 3.34. The van der Waals surface area contributed by atoms with Gasteiger partial charge in [0.1, 0.15) is 4.99 Å². The summed E-state index contributed by atoms with van der Waals surface area (Å²) in [5.74, 6) is 0. The summed E-state index contributed by atoms with van der Waals surface area (Å²) in [6.45, 7) is 2.85. The fraction of sp³-hybridized carbons (Fsp3) is 0.500. The van der Waals surface area contributed by atoms with E-state index < -0.39 is 10.0 Å². The highest BCUT2D eigenvalue weighted by atomic mass is 32.2. The molecule has 1 aromatic carbocycles. The van der Waals surface area contributed by atoms with Crippen molar-refractivity contribution < 1.29 is 13.2 Å². The first-order chi connectivity index (χ1) is 9.88. The van der Waals surface area contributed by atoms with Crippen LogP contribution in [0.2, 0.25) is 0 Å². The monoisotopic (exact) mass is 330 g/mol. The van der Waals surface area contributed by atoms with Crippen molar-refractivity contribution in [1.29, 1.82) is 0 Å². The van der Waals surface area contributed by atoms with Gasteiger partial charge in [-0.1, -0.05) is 24.4 Å². The van der Waals surface area contributed by atoms with Crippen LogP contribution in [0.4, 0.5) is 0 Å². The third-order valence-electron chi connectivity index (χ3n) is 3.08. The van der Waals surface area contributed by atoms with Gasteiger partial charge >= 0.3 is 0 Å². The third-order valence-corrected chi connectivity index (χ3v) is 4.92. The number of unbranched alkanes of at least 4 members (excludes halogenated alkanes) is 2. The first-order valence-corrected chi connectivity index (χ1v) is 8.66. The van der Waals surface area contributed by atoms with Crippen molar-refractivity contribution in [2.24, 2.45) is 5.73 Å². The lowest BCUT2D eigenvalue weighted by Crippen LogP contribution is -2.26. The Morgan fingerprint density at radius 1 is 1.33 bits per heavy atom. The molecule has 0 heterocycles. The molecule has 0 aliphatic carbocycles. The van der Waals surface area contributed by atoms with Gasteiger partial charge in [-0.05, 0) is 37.8 Å². The Labute approximate surface area is 131 Å². The Morgan fingerprint density at radius 3 is 2.67 bits per heavy atom. The summed E-state index contributed by atoms with van der Waals surface area (Å²) >= 11 is 4.89. The van der Waals surface area contributed by atoms with Crippen LogP contribution >= 0.6 is 12.2 Å². The Balaban J connectivity index is 2.70. The molecule has 0 bridgehead atoms. The molecule has 5 nitrogen and oxygen atoms in total. The van der Waals surface area contributed by atoms with Gasteiger partial charge < -0.3 is 10.5 Å². The topological polar surface area (TPSA) is 81.4 Å². The molecule has 1 aromatic rings. The molecule has 0 amide bonds. The van der Waals surface area contributed by atoms with Crippen molar-refractivity contribution in [1.82, 2.24) is 4.72 Å². The van der Waals surface area contributed by atoms with Crippen LogP contribution in [0.5, 0.6) is 0 Å². The number of nitrogens with one attached hydrogen (secondary N) is 1. The quantitative estimate of drug-likeness (QED) is 0.532. The molecule has 0 unspecified atom stereocenters. The lowest BCUT2D eigenvalue weighted by atomic mass is 10.1. The predicted octanol–water partition coefficient (Wildman–Crippen LogP) is 1.72. The molecule has 1 rings (SSSR count). The van der Waals surface area contributed by atoms with Gasteiger partial charge in [0, 0.05) is 25.8 Å². The van der Waals surface area contributed by atoms with E-state index in [0.29, 0.717) is 24.3 Å². The summed E-state index contributed by atoms with van der Waals surface area (Å²) in [6, 6.07) is 4.95. The summed E-state index contributed by atoms with van der Waals surface area (Å²) in [5.41, 5.74) is 6.77. The van der Waals surface area contributed by atoms with E-state index in [0.717, 1.165) is 19.3 Å². The molecule has 0 aliphatic rings. The van der Waals surface area contributed by atoms with Crippen LogP contribution in [0.25, 0.3) is 0 Å². The summed E-state index contributed by atoms with van der Waals surface area (Å²) in [6.07, 6.45) is 2.62. The van der Waals surface area contributed by atoms with E-state index in [-0.39, 0.29) is 9.88 Å². The number of sulfonamides is 1. The number of aryl methyl sites for hydroxylation is 1. The van der Waals surface area contributed by atoms with E-state index in [9.17, 15) is 8.42 Å². The molecule has 0 atom stereocenters. The lowest BCUT2D eigenvalue weighted by molar-refractivity contribution is 0.192. The second-order valence-corrected chi connectivity index (χ2v) is 6.97. The maximum atomic E-state index is 12.3. The Hall–Kier alpha value is -1.02. The molecule has 0 aliphatic heterocycles. The number of benzene rings is 1.